The van der Waals surface area contributed by atoms with Gasteiger partial charge in [0.25, 0.3) is 5.91 Å². The molecule has 0 saturated carbocycles. The fraction of sp³-hybridized carbons (Fsp3) is 0.240. The standard InChI is InChI=1S/C25H28N2O4/c1-18-14-23(29-3)24(30-4)15-19(18)16-27(2)17-25(28)26-21-12-8-9-13-22(21)31-20-10-6-5-7-11-20/h5-15H,16-17H2,1-4H3,(H,26,28)/p+1. The minimum atomic E-state index is -0.0836. The molecule has 0 spiro atoms. The molecule has 0 fully saturated rings. The Bertz CT molecular complexity index is 1020. The van der Waals surface area contributed by atoms with Gasteiger partial charge in [0.2, 0.25) is 0 Å². The van der Waals surface area contributed by atoms with E-state index in [0.29, 0.717) is 36.0 Å². The average molecular weight is 422 g/mol. The van der Waals surface area contributed by atoms with Crippen molar-refractivity contribution in [1.82, 2.24) is 0 Å². The van der Waals surface area contributed by atoms with Crippen LogP contribution in [0, 0.1) is 6.92 Å². The minimum Gasteiger partial charge on any atom is -0.493 e. The van der Waals surface area contributed by atoms with Gasteiger partial charge >= 0.3 is 0 Å². The van der Waals surface area contributed by atoms with Crippen LogP contribution in [0.2, 0.25) is 0 Å². The summed E-state index contributed by atoms with van der Waals surface area (Å²) in [6.45, 7) is 3.02. The molecule has 3 aromatic rings. The molecule has 2 N–H and O–H groups in total. The van der Waals surface area contributed by atoms with E-state index in [1.165, 1.54) is 0 Å². The number of methoxy groups -OCH3 is 2. The van der Waals surface area contributed by atoms with Crippen molar-refractivity contribution in [1.29, 1.82) is 0 Å². The molecule has 6 heteroatoms. The van der Waals surface area contributed by atoms with Gasteiger partial charge in [0.05, 0.1) is 27.0 Å². The lowest BCUT2D eigenvalue weighted by Crippen LogP contribution is -3.08. The molecule has 6 nitrogen and oxygen atoms in total. The van der Waals surface area contributed by atoms with Crippen molar-refractivity contribution in [2.24, 2.45) is 0 Å². The van der Waals surface area contributed by atoms with E-state index in [9.17, 15) is 4.79 Å². The zero-order valence-corrected chi connectivity index (χ0v) is 18.4. The van der Waals surface area contributed by atoms with Crippen LogP contribution in [0.3, 0.4) is 0 Å². The Balaban J connectivity index is 1.64. The smallest absolute Gasteiger partial charge is 0.279 e. The number of hydrogen-bond acceptors (Lipinski definition) is 4. The first-order valence-corrected chi connectivity index (χ1v) is 10.1. The lowest BCUT2D eigenvalue weighted by molar-refractivity contribution is -0.885. The van der Waals surface area contributed by atoms with Crippen LogP contribution in [-0.2, 0) is 11.3 Å². The van der Waals surface area contributed by atoms with Gasteiger partial charge in [-0.3, -0.25) is 4.79 Å². The average Bonchev–Trinajstić information content (AvgIpc) is 2.76. The summed E-state index contributed by atoms with van der Waals surface area (Å²) < 4.78 is 16.7. The summed E-state index contributed by atoms with van der Waals surface area (Å²) in [5.41, 5.74) is 2.85. The highest BCUT2D eigenvalue weighted by Crippen LogP contribution is 2.30. The fourth-order valence-electron chi connectivity index (χ4n) is 3.34. The van der Waals surface area contributed by atoms with Gasteiger partial charge in [-0.2, -0.15) is 0 Å². The van der Waals surface area contributed by atoms with Gasteiger partial charge in [-0.05, 0) is 48.9 Å². The summed E-state index contributed by atoms with van der Waals surface area (Å²) >= 11 is 0. The lowest BCUT2D eigenvalue weighted by Gasteiger charge is -2.18. The number of aryl methyl sites for hydroxylation is 1. The lowest BCUT2D eigenvalue weighted by atomic mass is 10.1. The largest absolute Gasteiger partial charge is 0.493 e. The number of amides is 1. The first-order valence-electron chi connectivity index (χ1n) is 10.1. The summed E-state index contributed by atoms with van der Waals surface area (Å²) in [7, 11) is 5.23. The van der Waals surface area contributed by atoms with Gasteiger partial charge in [0, 0.05) is 5.56 Å². The molecule has 0 saturated heterocycles. The van der Waals surface area contributed by atoms with Crippen molar-refractivity contribution >= 4 is 11.6 Å². The van der Waals surface area contributed by atoms with Crippen molar-refractivity contribution in [2.45, 2.75) is 13.5 Å². The third-order valence-electron chi connectivity index (χ3n) is 4.93. The highest BCUT2D eigenvalue weighted by atomic mass is 16.5. The molecule has 0 aliphatic carbocycles. The highest BCUT2D eigenvalue weighted by Gasteiger charge is 2.16. The van der Waals surface area contributed by atoms with Crippen LogP contribution < -0.4 is 24.4 Å². The van der Waals surface area contributed by atoms with E-state index in [1.807, 2.05) is 80.7 Å². The maximum atomic E-state index is 12.7. The zero-order valence-electron chi connectivity index (χ0n) is 18.4. The van der Waals surface area contributed by atoms with Gasteiger partial charge in [-0.15, -0.1) is 0 Å². The highest BCUT2D eigenvalue weighted by molar-refractivity contribution is 5.93. The number of rotatable bonds is 9. The van der Waals surface area contributed by atoms with Crippen LogP contribution in [0.1, 0.15) is 11.1 Å². The molecule has 0 heterocycles. The number of hydrogen-bond donors (Lipinski definition) is 2. The predicted molar refractivity (Wildman–Crippen MR) is 121 cm³/mol. The molecule has 31 heavy (non-hydrogen) atoms. The predicted octanol–water partition coefficient (Wildman–Crippen LogP) is 3.46. The third-order valence-corrected chi connectivity index (χ3v) is 4.93. The number of likely N-dealkylation sites (N-methyl/N-ethyl adjacent to an activating group) is 1. The Kier molecular flexibility index (Phi) is 7.51. The molecule has 3 aromatic carbocycles. The molecule has 0 aromatic heterocycles. The van der Waals surface area contributed by atoms with Gasteiger partial charge in [0.1, 0.15) is 12.3 Å². The number of ether oxygens (including phenoxy) is 3. The van der Waals surface area contributed by atoms with E-state index in [0.717, 1.165) is 21.8 Å². The second-order valence-corrected chi connectivity index (χ2v) is 7.40. The van der Waals surface area contributed by atoms with E-state index < -0.39 is 0 Å². The Morgan fingerprint density at radius 2 is 1.55 bits per heavy atom. The molecular formula is C25H29N2O4+. The zero-order chi connectivity index (χ0) is 22.2. The van der Waals surface area contributed by atoms with Crippen LogP contribution in [0.25, 0.3) is 0 Å². The number of para-hydroxylation sites is 3. The summed E-state index contributed by atoms with van der Waals surface area (Å²) in [5.74, 6) is 2.63. The van der Waals surface area contributed by atoms with Crippen molar-refractivity contribution in [3.63, 3.8) is 0 Å². The van der Waals surface area contributed by atoms with Gasteiger partial charge < -0.3 is 24.4 Å². The SMILES string of the molecule is COc1cc(C)c(C[NH+](C)CC(=O)Nc2ccccc2Oc2ccccc2)cc1OC. The normalized spacial score (nSPS) is 11.5. The molecule has 3 rings (SSSR count). The quantitative estimate of drug-likeness (QED) is 0.556. The van der Waals surface area contributed by atoms with Crippen LogP contribution in [0.15, 0.2) is 66.7 Å². The number of quaternary nitrogens is 1. The molecule has 0 aliphatic heterocycles. The number of anilines is 1. The van der Waals surface area contributed by atoms with E-state index >= 15 is 0 Å². The van der Waals surface area contributed by atoms with Crippen LogP contribution in [0.4, 0.5) is 5.69 Å². The van der Waals surface area contributed by atoms with Crippen LogP contribution in [0.5, 0.6) is 23.0 Å². The first-order chi connectivity index (χ1) is 15.0. The molecule has 162 valence electrons. The monoisotopic (exact) mass is 421 g/mol. The summed E-state index contributed by atoms with van der Waals surface area (Å²) in [4.78, 5) is 13.7. The number of carbonyl (C=O) groups excluding carboxylic acids is 1. The minimum absolute atomic E-state index is 0.0836. The van der Waals surface area contributed by atoms with E-state index in [4.69, 9.17) is 14.2 Å². The van der Waals surface area contributed by atoms with Gasteiger partial charge in [-0.25, -0.2) is 0 Å². The van der Waals surface area contributed by atoms with E-state index in [-0.39, 0.29) is 5.91 Å². The molecule has 1 amide bonds. The molecule has 0 radical (unpaired) electrons. The number of benzene rings is 3. The Labute approximate surface area is 183 Å². The number of carbonyl (C=O) groups is 1. The molecule has 0 bridgehead atoms. The van der Waals surface area contributed by atoms with Crippen molar-refractivity contribution in [2.75, 3.05) is 33.1 Å². The molecule has 1 atom stereocenters. The second-order valence-electron chi connectivity index (χ2n) is 7.40. The summed E-state index contributed by atoms with van der Waals surface area (Å²) in [5, 5.41) is 2.97. The van der Waals surface area contributed by atoms with Crippen molar-refractivity contribution in [3.05, 3.63) is 77.9 Å². The Hall–Kier alpha value is -3.51. The number of nitrogens with one attached hydrogen (secondary N) is 2. The van der Waals surface area contributed by atoms with Gasteiger partial charge in [-0.1, -0.05) is 30.3 Å². The first kappa shape index (κ1) is 22.2. The molecule has 1 unspecified atom stereocenters. The summed E-state index contributed by atoms with van der Waals surface area (Å²) in [6.07, 6.45) is 0. The van der Waals surface area contributed by atoms with Crippen molar-refractivity contribution in [3.8, 4) is 23.0 Å². The van der Waals surface area contributed by atoms with Crippen molar-refractivity contribution < 1.29 is 23.9 Å². The van der Waals surface area contributed by atoms with E-state index in [1.54, 1.807) is 14.2 Å². The van der Waals surface area contributed by atoms with Crippen LogP contribution in [-0.4, -0.2) is 33.7 Å². The van der Waals surface area contributed by atoms with Gasteiger partial charge in [0.15, 0.2) is 23.8 Å². The molecule has 0 aliphatic rings. The maximum Gasteiger partial charge on any atom is 0.279 e. The summed E-state index contributed by atoms with van der Waals surface area (Å²) in [6, 6.07) is 20.9. The fourth-order valence-corrected chi connectivity index (χ4v) is 3.34. The Morgan fingerprint density at radius 1 is 0.903 bits per heavy atom. The Morgan fingerprint density at radius 3 is 2.26 bits per heavy atom. The van der Waals surface area contributed by atoms with Crippen LogP contribution >= 0.6 is 0 Å². The molecular weight excluding hydrogens is 392 g/mol. The van der Waals surface area contributed by atoms with E-state index in [2.05, 4.69) is 5.32 Å². The topological polar surface area (TPSA) is 61.2 Å². The third kappa shape index (κ3) is 5.99. The maximum absolute atomic E-state index is 12.7. The second kappa shape index (κ2) is 10.5.